The summed E-state index contributed by atoms with van der Waals surface area (Å²) in [6.07, 6.45) is 1.33. The summed E-state index contributed by atoms with van der Waals surface area (Å²) >= 11 is 5.88. The quantitative estimate of drug-likeness (QED) is 0.901. The average molecular weight is 255 g/mol. The summed E-state index contributed by atoms with van der Waals surface area (Å²) in [6.45, 7) is 1.92. The zero-order valence-electron chi connectivity index (χ0n) is 10.1. The Hall–Kier alpha value is -1.33. The molecule has 0 bridgehead atoms. The summed E-state index contributed by atoms with van der Waals surface area (Å²) in [6, 6.07) is 1.95. The first kappa shape index (κ1) is 12.1. The molecular formula is C11H15ClN4O. The lowest BCUT2D eigenvalue weighted by Gasteiger charge is -2.10. The van der Waals surface area contributed by atoms with Gasteiger partial charge in [-0.05, 0) is 13.0 Å². The Kier molecular flexibility index (Phi) is 3.22. The Morgan fingerprint density at radius 2 is 2.18 bits per heavy atom. The highest BCUT2D eigenvalue weighted by molar-refractivity contribution is 6.29. The maximum absolute atomic E-state index is 10.1. The number of aryl methyl sites for hydroxylation is 2. The molecule has 1 unspecified atom stereocenters. The van der Waals surface area contributed by atoms with E-state index in [0.717, 1.165) is 11.4 Å². The molecule has 1 N–H and O–H groups in total. The van der Waals surface area contributed by atoms with E-state index in [1.807, 2.05) is 20.0 Å². The molecule has 0 aromatic carbocycles. The van der Waals surface area contributed by atoms with Crippen molar-refractivity contribution in [2.45, 2.75) is 19.4 Å². The zero-order chi connectivity index (χ0) is 12.6. The van der Waals surface area contributed by atoms with E-state index in [-0.39, 0.29) is 0 Å². The first-order chi connectivity index (χ1) is 7.99. The van der Waals surface area contributed by atoms with Gasteiger partial charge in [0.15, 0.2) is 0 Å². The topological polar surface area (TPSA) is 55.9 Å². The lowest BCUT2D eigenvalue weighted by molar-refractivity contribution is 0.162. The van der Waals surface area contributed by atoms with Gasteiger partial charge in [-0.3, -0.25) is 4.68 Å². The summed E-state index contributed by atoms with van der Waals surface area (Å²) in [5.41, 5.74) is 1.90. The fourth-order valence-electron chi connectivity index (χ4n) is 1.86. The molecule has 2 aromatic heterocycles. The lowest BCUT2D eigenvalue weighted by atomic mass is 10.2. The Morgan fingerprint density at radius 3 is 2.65 bits per heavy atom. The van der Waals surface area contributed by atoms with Crippen molar-refractivity contribution < 1.29 is 5.11 Å². The van der Waals surface area contributed by atoms with Crippen molar-refractivity contribution in [1.29, 1.82) is 0 Å². The fourth-order valence-corrected chi connectivity index (χ4v) is 1.99. The molecule has 0 spiro atoms. The number of nitrogens with zero attached hydrogens (tertiary/aromatic N) is 4. The predicted molar refractivity (Wildman–Crippen MR) is 64.8 cm³/mol. The number of rotatable bonds is 3. The third-order valence-corrected chi connectivity index (χ3v) is 3.12. The third kappa shape index (κ3) is 2.35. The molecule has 2 rings (SSSR count). The highest BCUT2D eigenvalue weighted by Gasteiger charge is 2.17. The van der Waals surface area contributed by atoms with Crippen LogP contribution in [0.15, 0.2) is 12.3 Å². The van der Waals surface area contributed by atoms with Crippen LogP contribution < -0.4 is 0 Å². The van der Waals surface area contributed by atoms with E-state index in [9.17, 15) is 5.11 Å². The molecule has 0 amide bonds. The van der Waals surface area contributed by atoms with Crippen LogP contribution in [-0.4, -0.2) is 24.4 Å². The van der Waals surface area contributed by atoms with Crippen LogP contribution in [0.5, 0.6) is 0 Å². The maximum Gasteiger partial charge on any atom is 0.138 e. The van der Waals surface area contributed by atoms with Crippen molar-refractivity contribution in [3.8, 4) is 0 Å². The Labute approximate surface area is 105 Å². The van der Waals surface area contributed by atoms with Crippen molar-refractivity contribution in [3.05, 3.63) is 34.6 Å². The van der Waals surface area contributed by atoms with Gasteiger partial charge in [-0.2, -0.15) is 5.10 Å². The third-order valence-electron chi connectivity index (χ3n) is 2.77. The van der Waals surface area contributed by atoms with Crippen molar-refractivity contribution in [3.63, 3.8) is 0 Å². The molecule has 92 valence electrons. The predicted octanol–water partition coefficient (Wildman–Crippen LogP) is 1.39. The SMILES string of the molecule is Cc1cc(CC(O)c2ncc(Cl)n2C)n(C)n1. The normalized spacial score (nSPS) is 13.0. The highest BCUT2D eigenvalue weighted by Crippen LogP contribution is 2.20. The minimum atomic E-state index is -0.678. The molecule has 17 heavy (non-hydrogen) atoms. The van der Waals surface area contributed by atoms with Gasteiger partial charge in [-0.25, -0.2) is 4.98 Å². The molecule has 0 saturated carbocycles. The molecule has 2 aromatic rings. The van der Waals surface area contributed by atoms with Crippen molar-refractivity contribution in [2.24, 2.45) is 14.1 Å². The van der Waals surface area contributed by atoms with E-state index in [1.54, 1.807) is 16.3 Å². The molecule has 0 aliphatic rings. The van der Waals surface area contributed by atoms with Crippen molar-refractivity contribution in [1.82, 2.24) is 19.3 Å². The molecule has 6 heteroatoms. The van der Waals surface area contributed by atoms with Crippen LogP contribution in [0.25, 0.3) is 0 Å². The van der Waals surface area contributed by atoms with Gasteiger partial charge in [0.05, 0.1) is 11.9 Å². The van der Waals surface area contributed by atoms with Gasteiger partial charge in [0, 0.05) is 26.2 Å². The minimum absolute atomic E-state index is 0.471. The second-order valence-electron chi connectivity index (χ2n) is 4.12. The Bertz CT molecular complexity index is 532. The molecular weight excluding hydrogens is 240 g/mol. The van der Waals surface area contributed by atoms with Crippen LogP contribution in [0.3, 0.4) is 0 Å². The molecule has 0 fully saturated rings. The largest absolute Gasteiger partial charge is 0.385 e. The van der Waals surface area contributed by atoms with Crippen LogP contribution in [0.2, 0.25) is 5.15 Å². The monoisotopic (exact) mass is 254 g/mol. The van der Waals surface area contributed by atoms with Gasteiger partial charge in [-0.15, -0.1) is 0 Å². The van der Waals surface area contributed by atoms with Crippen LogP contribution in [-0.2, 0) is 20.5 Å². The second kappa shape index (κ2) is 4.50. The minimum Gasteiger partial charge on any atom is -0.385 e. The number of aliphatic hydroxyl groups excluding tert-OH is 1. The van der Waals surface area contributed by atoms with E-state index in [1.165, 1.54) is 6.20 Å². The molecule has 0 radical (unpaired) electrons. The molecule has 0 aliphatic carbocycles. The summed E-state index contributed by atoms with van der Waals surface area (Å²) in [7, 11) is 3.64. The van der Waals surface area contributed by atoms with Gasteiger partial charge in [0.1, 0.15) is 17.1 Å². The van der Waals surface area contributed by atoms with E-state index in [0.29, 0.717) is 17.4 Å². The average Bonchev–Trinajstić information content (AvgIpc) is 2.73. The molecule has 0 aliphatic heterocycles. The maximum atomic E-state index is 10.1. The van der Waals surface area contributed by atoms with E-state index >= 15 is 0 Å². The van der Waals surface area contributed by atoms with Gasteiger partial charge in [-0.1, -0.05) is 11.6 Å². The molecule has 0 saturated heterocycles. The second-order valence-corrected chi connectivity index (χ2v) is 4.51. The molecule has 1 atom stereocenters. The van der Waals surface area contributed by atoms with Crippen LogP contribution in [0.1, 0.15) is 23.3 Å². The zero-order valence-corrected chi connectivity index (χ0v) is 10.8. The van der Waals surface area contributed by atoms with Gasteiger partial charge < -0.3 is 9.67 Å². The summed E-state index contributed by atoms with van der Waals surface area (Å²) < 4.78 is 3.44. The van der Waals surface area contributed by atoms with Crippen molar-refractivity contribution >= 4 is 11.6 Å². The summed E-state index contributed by atoms with van der Waals surface area (Å²) in [5, 5.41) is 14.9. The first-order valence-corrected chi connectivity index (χ1v) is 5.71. The van der Waals surface area contributed by atoms with Gasteiger partial charge in [0.2, 0.25) is 0 Å². The smallest absolute Gasteiger partial charge is 0.138 e. The van der Waals surface area contributed by atoms with Gasteiger partial charge in [0.25, 0.3) is 0 Å². The number of hydrogen-bond acceptors (Lipinski definition) is 3. The Balaban J connectivity index is 2.19. The van der Waals surface area contributed by atoms with Crippen LogP contribution in [0.4, 0.5) is 0 Å². The molecule has 2 heterocycles. The fraction of sp³-hybridized carbons (Fsp3) is 0.455. The van der Waals surface area contributed by atoms with Crippen molar-refractivity contribution in [2.75, 3.05) is 0 Å². The van der Waals surface area contributed by atoms with Crippen LogP contribution in [0, 0.1) is 6.92 Å². The Morgan fingerprint density at radius 1 is 1.47 bits per heavy atom. The molecule has 5 nitrogen and oxygen atoms in total. The van der Waals surface area contributed by atoms with Crippen LogP contribution >= 0.6 is 11.6 Å². The van der Waals surface area contributed by atoms with E-state index in [4.69, 9.17) is 11.6 Å². The van der Waals surface area contributed by atoms with Gasteiger partial charge >= 0.3 is 0 Å². The van der Waals surface area contributed by atoms with E-state index < -0.39 is 6.10 Å². The summed E-state index contributed by atoms with van der Waals surface area (Å²) in [5.74, 6) is 0.564. The number of imidazole rings is 1. The lowest BCUT2D eigenvalue weighted by Crippen LogP contribution is -2.11. The number of aromatic nitrogens is 4. The standard InChI is InChI=1S/C11H15ClN4O/c1-7-4-8(16(3)14-7)5-9(17)11-13-6-10(12)15(11)2/h4,6,9,17H,5H2,1-3H3. The number of aliphatic hydroxyl groups is 1. The first-order valence-electron chi connectivity index (χ1n) is 5.33. The van der Waals surface area contributed by atoms with E-state index in [2.05, 4.69) is 10.1 Å². The number of halogens is 1. The highest BCUT2D eigenvalue weighted by atomic mass is 35.5. The summed E-state index contributed by atoms with van der Waals surface area (Å²) in [4.78, 5) is 4.10. The number of hydrogen-bond donors (Lipinski definition) is 1.